The molecule has 0 N–H and O–H groups in total. The van der Waals surface area contributed by atoms with Crippen LogP contribution >= 0.6 is 11.8 Å². The van der Waals surface area contributed by atoms with E-state index >= 15 is 0 Å². The summed E-state index contributed by atoms with van der Waals surface area (Å²) in [6.07, 6.45) is 4.89. The van der Waals surface area contributed by atoms with Crippen LogP contribution in [-0.2, 0) is 0 Å². The van der Waals surface area contributed by atoms with Crippen molar-refractivity contribution in [3.63, 3.8) is 0 Å². The van der Waals surface area contributed by atoms with Crippen molar-refractivity contribution in [2.75, 3.05) is 11.5 Å². The first kappa shape index (κ1) is 6.40. The van der Waals surface area contributed by atoms with E-state index in [4.69, 9.17) is 11.7 Å². The molecule has 2 heteroatoms. The van der Waals surface area contributed by atoms with E-state index in [0.717, 1.165) is 0 Å². The van der Waals surface area contributed by atoms with Gasteiger partial charge in [-0.3, -0.25) is 0 Å². The van der Waals surface area contributed by atoms with Crippen molar-refractivity contribution < 1.29 is 0 Å². The predicted molar refractivity (Wildman–Crippen MR) is 31.8 cm³/mol. The molecule has 0 spiro atoms. The zero-order valence-corrected chi connectivity index (χ0v) is 4.66. The average molecular weight is 111 g/mol. The number of terminal acetylenes is 1. The molecule has 7 heavy (non-hydrogen) atoms. The molecule has 0 radical (unpaired) electrons. The van der Waals surface area contributed by atoms with Gasteiger partial charge in [0.15, 0.2) is 0 Å². The Morgan fingerprint density at radius 2 is 2.29 bits per heavy atom. The topological polar surface area (TPSA) is 23.8 Å². The van der Waals surface area contributed by atoms with Gasteiger partial charge in [0.25, 0.3) is 0 Å². The van der Waals surface area contributed by atoms with Crippen LogP contribution in [0.1, 0.15) is 0 Å². The van der Waals surface area contributed by atoms with Crippen LogP contribution in [-0.4, -0.2) is 11.5 Å². The molecular weight excluding hydrogens is 106 g/mol. The fourth-order valence-corrected chi connectivity index (χ4v) is 0.467. The van der Waals surface area contributed by atoms with Crippen molar-refractivity contribution in [2.24, 2.45) is 0 Å². The second-order valence-electron chi connectivity index (χ2n) is 0.855. The van der Waals surface area contributed by atoms with Crippen LogP contribution in [0.15, 0.2) is 0 Å². The summed E-state index contributed by atoms with van der Waals surface area (Å²) in [5.74, 6) is 3.56. The lowest BCUT2D eigenvalue weighted by Gasteiger charge is -1.78. The molecule has 0 unspecified atom stereocenters. The zero-order valence-electron chi connectivity index (χ0n) is 3.85. The molecule has 36 valence electrons. The van der Waals surface area contributed by atoms with Crippen LogP contribution in [0.4, 0.5) is 0 Å². The van der Waals surface area contributed by atoms with Crippen molar-refractivity contribution in [1.29, 1.82) is 5.26 Å². The highest BCUT2D eigenvalue weighted by atomic mass is 32.2. The minimum Gasteiger partial charge on any atom is -0.197 e. The fourth-order valence-electron chi connectivity index (χ4n) is 0.156. The van der Waals surface area contributed by atoms with Gasteiger partial charge in [-0.25, -0.2) is 0 Å². The molecule has 0 heterocycles. The predicted octanol–water partition coefficient (Wildman–Crippen LogP) is 0.876. The van der Waals surface area contributed by atoms with Gasteiger partial charge in [0.2, 0.25) is 0 Å². The molecule has 0 aliphatic heterocycles. The highest BCUT2D eigenvalue weighted by molar-refractivity contribution is 7.99. The molecule has 0 aromatic carbocycles. The molecule has 0 atom stereocenters. The Hall–Kier alpha value is -0.600. The van der Waals surface area contributed by atoms with Crippen LogP contribution in [0, 0.1) is 23.7 Å². The highest BCUT2D eigenvalue weighted by Crippen LogP contribution is 1.93. The summed E-state index contributed by atoms with van der Waals surface area (Å²) >= 11 is 1.46. The summed E-state index contributed by atoms with van der Waals surface area (Å²) in [5, 5.41) is 7.95. The Morgan fingerprint density at radius 3 is 2.71 bits per heavy atom. The minimum absolute atomic E-state index is 0.504. The molecule has 0 aliphatic carbocycles. The summed E-state index contributed by atoms with van der Waals surface area (Å²) in [5.41, 5.74) is 0. The van der Waals surface area contributed by atoms with Crippen molar-refractivity contribution in [3.05, 3.63) is 0 Å². The molecular formula is C5H5NS. The molecule has 1 nitrogen and oxygen atoms in total. The minimum atomic E-state index is 0.504. The third-order valence-electron chi connectivity index (χ3n) is 0.352. The normalized spacial score (nSPS) is 6.57. The van der Waals surface area contributed by atoms with Crippen molar-refractivity contribution in [3.8, 4) is 18.4 Å². The molecule has 0 rings (SSSR count). The fraction of sp³-hybridized carbons (Fsp3) is 0.400. The maximum atomic E-state index is 7.95. The third kappa shape index (κ3) is 5.40. The van der Waals surface area contributed by atoms with E-state index in [1.165, 1.54) is 11.8 Å². The zero-order chi connectivity index (χ0) is 5.54. The first-order valence-corrected chi connectivity index (χ1v) is 2.95. The number of nitrogens with zero attached hydrogens (tertiary/aromatic N) is 1. The number of thioether (sulfide) groups is 1. The van der Waals surface area contributed by atoms with Crippen LogP contribution in [0.5, 0.6) is 0 Å². The molecule has 0 aromatic rings. The molecule has 0 saturated heterocycles. The largest absolute Gasteiger partial charge is 0.197 e. The van der Waals surface area contributed by atoms with E-state index in [1.807, 2.05) is 6.07 Å². The Kier molecular flexibility index (Phi) is 4.94. The Labute approximate surface area is 47.7 Å². The quantitative estimate of drug-likeness (QED) is 0.390. The number of rotatable bonds is 2. The van der Waals surface area contributed by atoms with Crippen LogP contribution in [0.3, 0.4) is 0 Å². The highest BCUT2D eigenvalue weighted by Gasteiger charge is 1.76. The SMILES string of the molecule is C#CCSCC#N. The van der Waals surface area contributed by atoms with Gasteiger partial charge in [0, 0.05) is 0 Å². The van der Waals surface area contributed by atoms with Gasteiger partial charge in [-0.15, -0.1) is 18.2 Å². The molecule has 0 fully saturated rings. The van der Waals surface area contributed by atoms with Crippen LogP contribution in [0.25, 0.3) is 0 Å². The second kappa shape index (κ2) is 5.40. The Bertz CT molecular complexity index is 92.2. The van der Waals surface area contributed by atoms with E-state index in [0.29, 0.717) is 11.5 Å². The van der Waals surface area contributed by atoms with E-state index < -0.39 is 0 Å². The molecule has 0 aromatic heterocycles. The lowest BCUT2D eigenvalue weighted by atomic mass is 10.8. The summed E-state index contributed by atoms with van der Waals surface area (Å²) in [4.78, 5) is 0. The summed E-state index contributed by atoms with van der Waals surface area (Å²) < 4.78 is 0. The van der Waals surface area contributed by atoms with Crippen molar-refractivity contribution >= 4 is 11.8 Å². The Morgan fingerprint density at radius 1 is 1.57 bits per heavy atom. The van der Waals surface area contributed by atoms with E-state index in [1.54, 1.807) is 0 Å². The monoisotopic (exact) mass is 111 g/mol. The van der Waals surface area contributed by atoms with E-state index in [9.17, 15) is 0 Å². The van der Waals surface area contributed by atoms with Gasteiger partial charge in [-0.05, 0) is 0 Å². The summed E-state index contributed by atoms with van der Waals surface area (Å²) in [6.45, 7) is 0. The van der Waals surface area contributed by atoms with Gasteiger partial charge >= 0.3 is 0 Å². The van der Waals surface area contributed by atoms with Crippen LogP contribution < -0.4 is 0 Å². The first-order chi connectivity index (χ1) is 3.41. The van der Waals surface area contributed by atoms with Gasteiger partial charge in [0.05, 0.1) is 17.6 Å². The van der Waals surface area contributed by atoms with Gasteiger partial charge in [-0.1, -0.05) is 5.92 Å². The van der Waals surface area contributed by atoms with E-state index in [2.05, 4.69) is 5.92 Å². The van der Waals surface area contributed by atoms with Gasteiger partial charge in [0.1, 0.15) is 0 Å². The maximum Gasteiger partial charge on any atom is 0.0817 e. The lowest BCUT2D eigenvalue weighted by molar-refractivity contribution is 1.49. The Balaban J connectivity index is 2.77. The standard InChI is InChI=1S/C5H5NS/c1-2-4-7-5-3-6/h1H,4-5H2. The third-order valence-corrected chi connectivity index (χ3v) is 1.06. The maximum absolute atomic E-state index is 7.95. The van der Waals surface area contributed by atoms with Gasteiger partial charge in [-0.2, -0.15) is 5.26 Å². The molecule has 0 aliphatic rings. The lowest BCUT2D eigenvalue weighted by Crippen LogP contribution is -1.71. The average Bonchev–Trinajstić information content (AvgIpc) is 1.69. The molecule has 0 bridgehead atoms. The molecule has 0 saturated carbocycles. The first-order valence-electron chi connectivity index (χ1n) is 1.80. The second-order valence-corrected chi connectivity index (χ2v) is 1.84. The molecule has 0 amide bonds. The number of nitriles is 1. The van der Waals surface area contributed by atoms with E-state index in [-0.39, 0.29) is 0 Å². The number of hydrogen-bond donors (Lipinski definition) is 0. The van der Waals surface area contributed by atoms with Crippen molar-refractivity contribution in [2.45, 2.75) is 0 Å². The summed E-state index contributed by atoms with van der Waals surface area (Å²) in [7, 11) is 0. The van der Waals surface area contributed by atoms with Crippen LogP contribution in [0.2, 0.25) is 0 Å². The smallest absolute Gasteiger partial charge is 0.0817 e. The summed E-state index contributed by atoms with van der Waals surface area (Å²) in [6, 6.07) is 1.97. The van der Waals surface area contributed by atoms with Gasteiger partial charge < -0.3 is 0 Å². The van der Waals surface area contributed by atoms with Crippen molar-refractivity contribution in [1.82, 2.24) is 0 Å². The number of hydrogen-bond acceptors (Lipinski definition) is 2.